The minimum Gasteiger partial charge on any atom is -0.496 e. The van der Waals surface area contributed by atoms with E-state index >= 15 is 0 Å². The number of nitrogens with one attached hydrogen (secondary N) is 1. The van der Waals surface area contributed by atoms with Crippen LogP contribution in [0, 0.1) is 0 Å². The van der Waals surface area contributed by atoms with Crippen molar-refractivity contribution in [1.29, 1.82) is 0 Å². The molecule has 5 heteroatoms. The van der Waals surface area contributed by atoms with Gasteiger partial charge in [0.15, 0.2) is 5.82 Å². The molecule has 1 N–H and O–H groups in total. The van der Waals surface area contributed by atoms with Crippen molar-refractivity contribution in [3.8, 4) is 5.75 Å². The molecule has 3 rings (SSSR count). The third-order valence-corrected chi connectivity index (χ3v) is 3.43. The monoisotopic (exact) mass is 259 g/mol. The van der Waals surface area contributed by atoms with Gasteiger partial charge in [0.05, 0.1) is 13.0 Å². The van der Waals surface area contributed by atoms with Crippen LogP contribution in [0.25, 0.3) is 0 Å². The lowest BCUT2D eigenvalue weighted by atomic mass is 10.1. The van der Waals surface area contributed by atoms with Crippen LogP contribution in [0.2, 0.25) is 0 Å². The second-order valence-corrected chi connectivity index (χ2v) is 4.73. The average Bonchev–Trinajstić information content (AvgIpc) is 3.09. The maximum atomic E-state index is 5.35. The summed E-state index contributed by atoms with van der Waals surface area (Å²) in [4.78, 5) is 4.49. The van der Waals surface area contributed by atoms with E-state index in [1.807, 2.05) is 24.3 Å². The van der Waals surface area contributed by atoms with E-state index in [0.717, 1.165) is 36.7 Å². The van der Waals surface area contributed by atoms with Gasteiger partial charge in [0.1, 0.15) is 5.75 Å². The fourth-order valence-corrected chi connectivity index (χ4v) is 2.39. The zero-order chi connectivity index (χ0) is 13.1. The Morgan fingerprint density at radius 1 is 1.42 bits per heavy atom. The van der Waals surface area contributed by atoms with E-state index < -0.39 is 0 Å². The molecule has 0 saturated carbocycles. The van der Waals surface area contributed by atoms with Crippen LogP contribution >= 0.6 is 0 Å². The fourth-order valence-electron chi connectivity index (χ4n) is 2.39. The van der Waals surface area contributed by atoms with Gasteiger partial charge in [-0.1, -0.05) is 23.4 Å². The number of para-hydroxylation sites is 1. The summed E-state index contributed by atoms with van der Waals surface area (Å²) < 4.78 is 10.7. The molecule has 0 aliphatic carbocycles. The van der Waals surface area contributed by atoms with Crippen molar-refractivity contribution >= 4 is 0 Å². The molecule has 19 heavy (non-hydrogen) atoms. The van der Waals surface area contributed by atoms with E-state index in [4.69, 9.17) is 9.26 Å². The van der Waals surface area contributed by atoms with E-state index in [2.05, 4.69) is 15.5 Å². The largest absolute Gasteiger partial charge is 0.496 e. The average molecular weight is 259 g/mol. The lowest BCUT2D eigenvalue weighted by Crippen LogP contribution is -2.08. The first-order valence-electron chi connectivity index (χ1n) is 6.52. The molecular weight excluding hydrogens is 242 g/mol. The van der Waals surface area contributed by atoms with Gasteiger partial charge in [0, 0.05) is 18.5 Å². The number of rotatable bonds is 4. The summed E-state index contributed by atoms with van der Waals surface area (Å²) >= 11 is 0. The van der Waals surface area contributed by atoms with E-state index in [0.29, 0.717) is 18.2 Å². The van der Waals surface area contributed by atoms with Crippen molar-refractivity contribution in [2.24, 2.45) is 0 Å². The van der Waals surface area contributed by atoms with Crippen molar-refractivity contribution in [2.75, 3.05) is 20.2 Å². The number of hydrogen-bond acceptors (Lipinski definition) is 5. The summed E-state index contributed by atoms with van der Waals surface area (Å²) in [7, 11) is 1.67. The zero-order valence-electron chi connectivity index (χ0n) is 10.9. The molecule has 1 fully saturated rings. The maximum absolute atomic E-state index is 5.35. The van der Waals surface area contributed by atoms with E-state index in [-0.39, 0.29) is 0 Å². The van der Waals surface area contributed by atoms with Crippen molar-refractivity contribution in [1.82, 2.24) is 15.5 Å². The van der Waals surface area contributed by atoms with E-state index in [1.165, 1.54) is 0 Å². The number of nitrogens with zero attached hydrogens (tertiary/aromatic N) is 2. The first-order chi connectivity index (χ1) is 9.36. The third kappa shape index (κ3) is 2.61. The minimum absolute atomic E-state index is 0.360. The number of hydrogen-bond donors (Lipinski definition) is 1. The normalized spacial score (nSPS) is 18.7. The fraction of sp³-hybridized carbons (Fsp3) is 0.429. The lowest BCUT2D eigenvalue weighted by molar-refractivity contribution is 0.355. The van der Waals surface area contributed by atoms with Crippen LogP contribution in [0.3, 0.4) is 0 Å². The van der Waals surface area contributed by atoms with E-state index in [9.17, 15) is 0 Å². The highest BCUT2D eigenvalue weighted by atomic mass is 16.5. The standard InChI is InChI=1S/C14H17N3O2/c1-18-12-5-3-2-4-10(12)8-13-16-14(19-17-13)11-6-7-15-9-11/h2-5,11,15H,6-9H2,1H3. The van der Waals surface area contributed by atoms with Gasteiger partial charge < -0.3 is 14.6 Å². The van der Waals surface area contributed by atoms with Gasteiger partial charge >= 0.3 is 0 Å². The molecule has 2 heterocycles. The Balaban J connectivity index is 1.76. The molecule has 2 aromatic rings. The number of methoxy groups -OCH3 is 1. The SMILES string of the molecule is COc1ccccc1Cc1noc(C2CCNC2)n1. The lowest BCUT2D eigenvalue weighted by Gasteiger charge is -2.05. The summed E-state index contributed by atoms with van der Waals surface area (Å²) in [5.74, 6) is 2.68. The van der Waals surface area contributed by atoms with Gasteiger partial charge in [0.2, 0.25) is 5.89 Å². The summed E-state index contributed by atoms with van der Waals surface area (Å²) in [6.45, 7) is 1.95. The van der Waals surface area contributed by atoms with Crippen LogP contribution in [0.1, 0.15) is 29.6 Å². The highest BCUT2D eigenvalue weighted by Crippen LogP contribution is 2.23. The predicted molar refractivity (Wildman–Crippen MR) is 70.3 cm³/mol. The van der Waals surface area contributed by atoms with Crippen molar-refractivity contribution in [2.45, 2.75) is 18.8 Å². The Morgan fingerprint density at radius 2 is 2.32 bits per heavy atom. The Bertz CT molecular complexity index is 547. The van der Waals surface area contributed by atoms with Crippen LogP contribution in [0.5, 0.6) is 5.75 Å². The van der Waals surface area contributed by atoms with Crippen LogP contribution in [-0.4, -0.2) is 30.3 Å². The molecular formula is C14H17N3O2. The smallest absolute Gasteiger partial charge is 0.231 e. The number of ether oxygens (including phenoxy) is 1. The minimum atomic E-state index is 0.360. The highest BCUT2D eigenvalue weighted by Gasteiger charge is 2.22. The highest BCUT2D eigenvalue weighted by molar-refractivity contribution is 5.35. The molecule has 100 valence electrons. The van der Waals surface area contributed by atoms with Crippen molar-refractivity contribution in [3.05, 3.63) is 41.5 Å². The zero-order valence-corrected chi connectivity index (χ0v) is 10.9. The maximum Gasteiger partial charge on any atom is 0.231 e. The Kier molecular flexibility index (Phi) is 3.46. The molecule has 1 aliphatic heterocycles. The third-order valence-electron chi connectivity index (χ3n) is 3.43. The first-order valence-corrected chi connectivity index (χ1v) is 6.52. The summed E-state index contributed by atoms with van der Waals surface area (Å²) in [6.07, 6.45) is 1.70. The molecule has 0 spiro atoms. The quantitative estimate of drug-likeness (QED) is 0.906. The predicted octanol–water partition coefficient (Wildman–Crippen LogP) is 1.75. The molecule has 0 radical (unpaired) electrons. The Hall–Kier alpha value is -1.88. The van der Waals surface area contributed by atoms with Gasteiger partial charge in [-0.05, 0) is 19.0 Å². The Labute approximate surface area is 112 Å². The molecule has 0 amide bonds. The van der Waals surface area contributed by atoms with Crippen molar-refractivity contribution in [3.63, 3.8) is 0 Å². The Morgan fingerprint density at radius 3 is 3.11 bits per heavy atom. The van der Waals surface area contributed by atoms with Crippen LogP contribution < -0.4 is 10.1 Å². The second kappa shape index (κ2) is 5.40. The summed E-state index contributed by atoms with van der Waals surface area (Å²) in [5.41, 5.74) is 1.07. The molecule has 0 bridgehead atoms. The molecule has 1 saturated heterocycles. The first kappa shape index (κ1) is 12.2. The molecule has 1 atom stereocenters. The number of benzene rings is 1. The van der Waals surface area contributed by atoms with Gasteiger partial charge in [0.25, 0.3) is 0 Å². The molecule has 1 aromatic heterocycles. The van der Waals surface area contributed by atoms with Crippen LogP contribution in [-0.2, 0) is 6.42 Å². The summed E-state index contributed by atoms with van der Waals surface area (Å²) in [6, 6.07) is 7.90. The summed E-state index contributed by atoms with van der Waals surface area (Å²) in [5, 5.41) is 7.36. The van der Waals surface area contributed by atoms with Crippen LogP contribution in [0.4, 0.5) is 0 Å². The van der Waals surface area contributed by atoms with Gasteiger partial charge in [-0.2, -0.15) is 4.98 Å². The van der Waals surface area contributed by atoms with Crippen molar-refractivity contribution < 1.29 is 9.26 Å². The molecule has 1 aromatic carbocycles. The van der Waals surface area contributed by atoms with Gasteiger partial charge in [-0.3, -0.25) is 0 Å². The van der Waals surface area contributed by atoms with Gasteiger partial charge in [-0.15, -0.1) is 0 Å². The van der Waals surface area contributed by atoms with Gasteiger partial charge in [-0.25, -0.2) is 0 Å². The molecule has 5 nitrogen and oxygen atoms in total. The topological polar surface area (TPSA) is 60.2 Å². The van der Waals surface area contributed by atoms with Crippen LogP contribution in [0.15, 0.2) is 28.8 Å². The number of aromatic nitrogens is 2. The second-order valence-electron chi connectivity index (χ2n) is 4.73. The van der Waals surface area contributed by atoms with E-state index in [1.54, 1.807) is 7.11 Å². The molecule has 1 aliphatic rings. The molecule has 1 unspecified atom stereocenters.